The summed E-state index contributed by atoms with van der Waals surface area (Å²) in [4.78, 5) is 34.1. The van der Waals surface area contributed by atoms with E-state index in [0.29, 0.717) is 12.1 Å². The van der Waals surface area contributed by atoms with Crippen LogP contribution >= 0.6 is 11.3 Å². The Balaban J connectivity index is 2.14. The van der Waals surface area contributed by atoms with Crippen molar-refractivity contribution in [1.82, 2.24) is 21.5 Å². The standard InChI is InChI=1S/C12H18N4O3S/c1-2-3-5-13-12(19)16-15-10(17)7-14-11(18)9-4-6-20-8-9/h4,6,8H,2-3,5,7H2,1H3,(H,14,18)(H,15,17)(H2,13,16,19). The van der Waals surface area contributed by atoms with Crippen LogP contribution in [0.5, 0.6) is 0 Å². The fraction of sp³-hybridized carbons (Fsp3) is 0.417. The van der Waals surface area contributed by atoms with Crippen molar-refractivity contribution >= 4 is 29.2 Å². The molecule has 0 atom stereocenters. The first-order chi connectivity index (χ1) is 9.63. The summed E-state index contributed by atoms with van der Waals surface area (Å²) in [5.74, 6) is -0.826. The Morgan fingerprint density at radius 1 is 1.20 bits per heavy atom. The molecule has 0 aliphatic carbocycles. The number of nitrogens with one attached hydrogen (secondary N) is 4. The molecule has 0 aliphatic heterocycles. The minimum atomic E-state index is -0.501. The lowest BCUT2D eigenvalue weighted by Gasteiger charge is -2.09. The number of thiophene rings is 1. The van der Waals surface area contributed by atoms with E-state index in [1.165, 1.54) is 11.3 Å². The number of rotatable bonds is 6. The lowest BCUT2D eigenvalue weighted by Crippen LogP contribution is -2.50. The highest BCUT2D eigenvalue weighted by molar-refractivity contribution is 7.08. The fourth-order valence-electron chi connectivity index (χ4n) is 1.25. The molecule has 0 saturated heterocycles. The lowest BCUT2D eigenvalue weighted by atomic mass is 10.3. The van der Waals surface area contributed by atoms with Gasteiger partial charge in [0.25, 0.3) is 11.8 Å². The van der Waals surface area contributed by atoms with Gasteiger partial charge in [-0.1, -0.05) is 13.3 Å². The van der Waals surface area contributed by atoms with Crippen molar-refractivity contribution in [2.24, 2.45) is 0 Å². The van der Waals surface area contributed by atoms with Gasteiger partial charge in [-0.15, -0.1) is 0 Å². The van der Waals surface area contributed by atoms with Crippen LogP contribution in [0.3, 0.4) is 0 Å². The topological polar surface area (TPSA) is 99.3 Å². The Bertz CT molecular complexity index is 448. The van der Waals surface area contributed by atoms with E-state index >= 15 is 0 Å². The van der Waals surface area contributed by atoms with Crippen molar-refractivity contribution in [3.63, 3.8) is 0 Å². The molecule has 0 spiro atoms. The van der Waals surface area contributed by atoms with Gasteiger partial charge in [0.15, 0.2) is 0 Å². The molecule has 1 rings (SSSR count). The van der Waals surface area contributed by atoms with Crippen molar-refractivity contribution < 1.29 is 14.4 Å². The summed E-state index contributed by atoms with van der Waals surface area (Å²) in [5.41, 5.74) is 4.91. The van der Waals surface area contributed by atoms with Crippen molar-refractivity contribution in [1.29, 1.82) is 0 Å². The average molecular weight is 298 g/mol. The Labute approximate surface area is 121 Å². The Hall–Kier alpha value is -2.09. The van der Waals surface area contributed by atoms with Gasteiger partial charge in [0.2, 0.25) is 0 Å². The summed E-state index contributed by atoms with van der Waals surface area (Å²) in [6.07, 6.45) is 1.85. The molecule has 1 aromatic heterocycles. The third-order valence-electron chi connectivity index (χ3n) is 2.32. The SMILES string of the molecule is CCCCNC(=O)NNC(=O)CNC(=O)c1ccsc1. The molecule has 20 heavy (non-hydrogen) atoms. The van der Waals surface area contributed by atoms with Gasteiger partial charge in [0.1, 0.15) is 0 Å². The first-order valence-corrected chi connectivity index (χ1v) is 7.21. The van der Waals surface area contributed by atoms with Crippen LogP contribution in [0.15, 0.2) is 16.8 Å². The maximum Gasteiger partial charge on any atom is 0.333 e. The van der Waals surface area contributed by atoms with E-state index in [2.05, 4.69) is 21.5 Å². The lowest BCUT2D eigenvalue weighted by molar-refractivity contribution is -0.120. The molecule has 0 bridgehead atoms. The molecule has 0 aliphatic rings. The zero-order chi connectivity index (χ0) is 14.8. The summed E-state index contributed by atoms with van der Waals surface area (Å²) in [7, 11) is 0. The minimum absolute atomic E-state index is 0.204. The van der Waals surface area contributed by atoms with Gasteiger partial charge in [-0.2, -0.15) is 11.3 Å². The van der Waals surface area contributed by atoms with Crippen LogP contribution in [0.25, 0.3) is 0 Å². The van der Waals surface area contributed by atoms with Crippen molar-refractivity contribution in [2.75, 3.05) is 13.1 Å². The second-order valence-electron chi connectivity index (χ2n) is 3.98. The van der Waals surface area contributed by atoms with E-state index in [1.54, 1.807) is 16.8 Å². The van der Waals surface area contributed by atoms with E-state index in [-0.39, 0.29) is 12.5 Å². The maximum absolute atomic E-state index is 11.5. The Morgan fingerprint density at radius 2 is 2.00 bits per heavy atom. The highest BCUT2D eigenvalue weighted by atomic mass is 32.1. The van der Waals surface area contributed by atoms with Crippen LogP contribution in [0, 0.1) is 0 Å². The van der Waals surface area contributed by atoms with Crippen molar-refractivity contribution in [3.8, 4) is 0 Å². The van der Waals surface area contributed by atoms with Crippen LogP contribution in [-0.4, -0.2) is 30.9 Å². The number of carbonyl (C=O) groups is 3. The number of urea groups is 1. The smallest absolute Gasteiger partial charge is 0.333 e. The van der Waals surface area contributed by atoms with E-state index < -0.39 is 11.9 Å². The molecule has 0 unspecified atom stereocenters. The Morgan fingerprint density at radius 3 is 2.65 bits per heavy atom. The quantitative estimate of drug-likeness (QED) is 0.457. The van der Waals surface area contributed by atoms with Gasteiger partial charge >= 0.3 is 6.03 Å². The summed E-state index contributed by atoms with van der Waals surface area (Å²) < 4.78 is 0. The largest absolute Gasteiger partial charge is 0.343 e. The molecule has 0 fully saturated rings. The van der Waals surface area contributed by atoms with Crippen LogP contribution in [0.1, 0.15) is 30.1 Å². The monoisotopic (exact) mass is 298 g/mol. The van der Waals surface area contributed by atoms with Crippen molar-refractivity contribution in [3.05, 3.63) is 22.4 Å². The third kappa shape index (κ3) is 6.19. The maximum atomic E-state index is 11.5. The zero-order valence-electron chi connectivity index (χ0n) is 11.2. The highest BCUT2D eigenvalue weighted by Crippen LogP contribution is 2.04. The second-order valence-corrected chi connectivity index (χ2v) is 4.76. The van der Waals surface area contributed by atoms with Crippen LogP contribution in [-0.2, 0) is 4.79 Å². The normalized spacial score (nSPS) is 9.65. The molecule has 1 heterocycles. The molecule has 7 nitrogen and oxygen atoms in total. The van der Waals surface area contributed by atoms with Gasteiger partial charge in [-0.05, 0) is 17.9 Å². The average Bonchev–Trinajstić information content (AvgIpc) is 2.97. The predicted octanol–water partition coefficient (Wildman–Crippen LogP) is 0.608. The van der Waals surface area contributed by atoms with Gasteiger partial charge in [0.05, 0.1) is 6.54 Å². The number of hydrogen-bond donors (Lipinski definition) is 4. The predicted molar refractivity (Wildman–Crippen MR) is 76.2 cm³/mol. The summed E-state index contributed by atoms with van der Waals surface area (Å²) in [5, 5.41) is 8.48. The number of hydrogen-bond acceptors (Lipinski definition) is 4. The van der Waals surface area contributed by atoms with Crippen LogP contribution in [0.2, 0.25) is 0 Å². The van der Waals surface area contributed by atoms with E-state index in [9.17, 15) is 14.4 Å². The van der Waals surface area contributed by atoms with Gasteiger partial charge in [0, 0.05) is 17.5 Å². The van der Waals surface area contributed by atoms with Crippen LogP contribution in [0.4, 0.5) is 4.79 Å². The second kappa shape index (κ2) is 8.92. The molecular weight excluding hydrogens is 280 g/mol. The molecule has 110 valence electrons. The van der Waals surface area contributed by atoms with Gasteiger partial charge in [-0.25, -0.2) is 10.2 Å². The third-order valence-corrected chi connectivity index (χ3v) is 3.01. The number of hydrazine groups is 1. The molecule has 8 heteroatoms. The summed E-state index contributed by atoms with van der Waals surface area (Å²) in [6, 6.07) is 1.19. The molecule has 1 aromatic rings. The van der Waals surface area contributed by atoms with E-state index in [4.69, 9.17) is 0 Å². The first-order valence-electron chi connectivity index (χ1n) is 6.26. The molecule has 0 aromatic carbocycles. The van der Waals surface area contributed by atoms with Gasteiger partial charge in [-0.3, -0.25) is 15.0 Å². The fourth-order valence-corrected chi connectivity index (χ4v) is 1.89. The Kier molecular flexibility index (Phi) is 7.12. The molecule has 0 radical (unpaired) electrons. The molecule has 0 saturated carbocycles. The highest BCUT2D eigenvalue weighted by Gasteiger charge is 2.08. The first kappa shape index (κ1) is 16.0. The van der Waals surface area contributed by atoms with Gasteiger partial charge < -0.3 is 10.6 Å². The number of amides is 4. The van der Waals surface area contributed by atoms with Crippen LogP contribution < -0.4 is 21.5 Å². The minimum Gasteiger partial charge on any atom is -0.343 e. The van der Waals surface area contributed by atoms with E-state index in [1.807, 2.05) is 6.92 Å². The summed E-state index contributed by atoms with van der Waals surface area (Å²) in [6.45, 7) is 2.36. The number of carbonyl (C=O) groups excluding carboxylic acids is 3. The van der Waals surface area contributed by atoms with Crippen molar-refractivity contribution in [2.45, 2.75) is 19.8 Å². The molecule has 4 N–H and O–H groups in total. The number of unbranched alkanes of at least 4 members (excludes halogenated alkanes) is 1. The zero-order valence-corrected chi connectivity index (χ0v) is 12.0. The molecule has 4 amide bonds. The van der Waals surface area contributed by atoms with E-state index in [0.717, 1.165) is 12.8 Å². The summed E-state index contributed by atoms with van der Waals surface area (Å²) >= 11 is 1.40. The molecular formula is C12H18N4O3S.